The molecule has 0 bridgehead atoms. The Bertz CT molecular complexity index is 339. The van der Waals surface area contributed by atoms with Crippen LogP contribution in [0.25, 0.3) is 0 Å². The number of hydrogen-bond donors (Lipinski definition) is 2. The van der Waals surface area contributed by atoms with Crippen LogP contribution in [-0.4, -0.2) is 25.8 Å². The van der Waals surface area contributed by atoms with Gasteiger partial charge in [0.2, 0.25) is 5.95 Å². The quantitative estimate of drug-likeness (QED) is 0.758. The van der Waals surface area contributed by atoms with Crippen molar-refractivity contribution < 1.29 is 0 Å². The van der Waals surface area contributed by atoms with Gasteiger partial charge in [-0.05, 0) is 32.3 Å². The van der Waals surface area contributed by atoms with E-state index in [4.69, 9.17) is 18.0 Å². The fourth-order valence-corrected chi connectivity index (χ4v) is 1.39. The fourth-order valence-electron chi connectivity index (χ4n) is 0.928. The van der Waals surface area contributed by atoms with Gasteiger partial charge in [0.15, 0.2) is 4.77 Å². The van der Waals surface area contributed by atoms with Crippen LogP contribution in [0.1, 0.15) is 13.8 Å². The third-order valence-electron chi connectivity index (χ3n) is 1.88. The number of thioether (sulfide) groups is 1. The van der Waals surface area contributed by atoms with Gasteiger partial charge < -0.3 is 5.73 Å². The third kappa shape index (κ3) is 2.47. The topological polar surface area (TPSA) is 59.6 Å². The van der Waals surface area contributed by atoms with Crippen LogP contribution >= 0.6 is 24.0 Å². The Balaban J connectivity index is 2.92. The van der Waals surface area contributed by atoms with E-state index in [-0.39, 0.29) is 4.75 Å². The molecule has 0 aliphatic carbocycles. The van der Waals surface area contributed by atoms with Crippen LogP contribution in [0.5, 0.6) is 0 Å². The predicted octanol–water partition coefficient (Wildman–Crippen LogP) is 1.66. The Hall–Kier alpha value is -0.490. The first-order chi connectivity index (χ1) is 5.96. The van der Waals surface area contributed by atoms with E-state index < -0.39 is 0 Å². The Morgan fingerprint density at radius 1 is 1.69 bits per heavy atom. The first-order valence-corrected chi connectivity index (χ1v) is 5.55. The maximum absolute atomic E-state index is 5.65. The summed E-state index contributed by atoms with van der Waals surface area (Å²) in [6.45, 7) is 5.06. The van der Waals surface area contributed by atoms with Crippen molar-refractivity contribution in [3.05, 3.63) is 4.77 Å². The molecule has 6 heteroatoms. The molecule has 1 heterocycles. The number of nitrogens with zero attached hydrogens (tertiary/aromatic N) is 2. The lowest BCUT2D eigenvalue weighted by Crippen LogP contribution is -2.23. The lowest BCUT2D eigenvalue weighted by atomic mass is 10.2. The van der Waals surface area contributed by atoms with Gasteiger partial charge in [0.25, 0.3) is 0 Å². The van der Waals surface area contributed by atoms with Crippen LogP contribution < -0.4 is 5.73 Å². The average Bonchev–Trinajstić information content (AvgIpc) is 2.36. The van der Waals surface area contributed by atoms with Crippen molar-refractivity contribution in [3.63, 3.8) is 0 Å². The predicted molar refractivity (Wildman–Crippen MR) is 59.4 cm³/mol. The Morgan fingerprint density at radius 2 is 2.31 bits per heavy atom. The molecule has 0 unspecified atom stereocenters. The number of H-pyrrole nitrogens is 1. The minimum absolute atomic E-state index is 0.121. The number of aromatic nitrogens is 3. The molecule has 13 heavy (non-hydrogen) atoms. The van der Waals surface area contributed by atoms with Gasteiger partial charge in [0.05, 0.1) is 0 Å². The standard InChI is InChI=1S/C7H14N4S2/c1-7(2,13-3)4-11-5(8)9-10-6(11)12/h4H2,1-3H3,(H2,8,9)(H,10,12). The van der Waals surface area contributed by atoms with Crippen LogP contribution in [-0.2, 0) is 6.54 Å². The summed E-state index contributed by atoms with van der Waals surface area (Å²) in [7, 11) is 0. The SMILES string of the molecule is CSC(C)(C)Cn1c(N)n[nH]c1=S. The fraction of sp³-hybridized carbons (Fsp3) is 0.714. The monoisotopic (exact) mass is 218 g/mol. The van der Waals surface area contributed by atoms with E-state index in [9.17, 15) is 0 Å². The maximum atomic E-state index is 5.65. The number of nitrogens with two attached hydrogens (primary N) is 1. The molecule has 0 aliphatic heterocycles. The molecule has 1 aromatic rings. The average molecular weight is 218 g/mol. The van der Waals surface area contributed by atoms with Gasteiger partial charge in [-0.3, -0.25) is 4.57 Å². The van der Waals surface area contributed by atoms with E-state index in [0.29, 0.717) is 10.7 Å². The van der Waals surface area contributed by atoms with Gasteiger partial charge in [-0.25, -0.2) is 5.10 Å². The smallest absolute Gasteiger partial charge is 0.220 e. The lowest BCUT2D eigenvalue weighted by Gasteiger charge is -2.22. The summed E-state index contributed by atoms with van der Waals surface area (Å²) in [5, 5.41) is 6.51. The van der Waals surface area contributed by atoms with E-state index in [1.807, 2.05) is 4.57 Å². The first-order valence-electron chi connectivity index (χ1n) is 3.92. The second kappa shape index (κ2) is 3.71. The number of rotatable bonds is 3. The summed E-state index contributed by atoms with van der Waals surface area (Å²) >= 11 is 6.82. The summed E-state index contributed by atoms with van der Waals surface area (Å²) in [6, 6.07) is 0. The minimum Gasteiger partial charge on any atom is -0.368 e. The van der Waals surface area contributed by atoms with Gasteiger partial charge >= 0.3 is 0 Å². The molecule has 0 aromatic carbocycles. The zero-order valence-corrected chi connectivity index (χ0v) is 9.63. The minimum atomic E-state index is 0.121. The highest BCUT2D eigenvalue weighted by Crippen LogP contribution is 2.24. The molecule has 1 aromatic heterocycles. The molecule has 0 amide bonds. The van der Waals surface area contributed by atoms with Crippen LogP contribution in [0.4, 0.5) is 5.95 Å². The first kappa shape index (κ1) is 10.6. The van der Waals surface area contributed by atoms with E-state index in [1.165, 1.54) is 0 Å². The molecule has 74 valence electrons. The zero-order chi connectivity index (χ0) is 10.1. The molecular weight excluding hydrogens is 204 g/mol. The van der Waals surface area contributed by atoms with Crippen LogP contribution in [0, 0.1) is 4.77 Å². The highest BCUT2D eigenvalue weighted by Gasteiger charge is 2.18. The molecule has 0 atom stereocenters. The van der Waals surface area contributed by atoms with Crippen molar-refractivity contribution in [3.8, 4) is 0 Å². The molecule has 0 saturated heterocycles. The van der Waals surface area contributed by atoms with E-state index >= 15 is 0 Å². The molecule has 0 fully saturated rings. The van der Waals surface area contributed by atoms with Gasteiger partial charge in [0.1, 0.15) is 0 Å². The van der Waals surface area contributed by atoms with Crippen molar-refractivity contribution >= 4 is 29.9 Å². The molecule has 0 spiro atoms. The second-order valence-electron chi connectivity index (χ2n) is 3.44. The Morgan fingerprint density at radius 3 is 2.69 bits per heavy atom. The summed E-state index contributed by atoms with van der Waals surface area (Å²) in [6.07, 6.45) is 2.07. The van der Waals surface area contributed by atoms with E-state index in [2.05, 4.69) is 30.3 Å². The molecule has 0 aliphatic rings. The summed E-state index contributed by atoms with van der Waals surface area (Å²) in [4.78, 5) is 0. The summed E-state index contributed by atoms with van der Waals surface area (Å²) in [5.41, 5.74) is 5.65. The van der Waals surface area contributed by atoms with Crippen LogP contribution in [0.15, 0.2) is 0 Å². The normalized spacial score (nSPS) is 11.9. The van der Waals surface area contributed by atoms with E-state index in [0.717, 1.165) is 6.54 Å². The molecule has 0 saturated carbocycles. The number of anilines is 1. The van der Waals surface area contributed by atoms with Gasteiger partial charge in [-0.2, -0.15) is 11.8 Å². The molecule has 0 radical (unpaired) electrons. The Labute approximate surface area is 86.9 Å². The van der Waals surface area contributed by atoms with Crippen LogP contribution in [0.2, 0.25) is 0 Å². The molecular formula is C7H14N4S2. The van der Waals surface area contributed by atoms with E-state index in [1.54, 1.807) is 11.8 Å². The van der Waals surface area contributed by atoms with Crippen molar-refractivity contribution in [2.24, 2.45) is 0 Å². The molecule has 4 nitrogen and oxygen atoms in total. The van der Waals surface area contributed by atoms with Crippen molar-refractivity contribution in [1.29, 1.82) is 0 Å². The maximum Gasteiger partial charge on any atom is 0.220 e. The summed E-state index contributed by atoms with van der Waals surface area (Å²) < 4.78 is 2.52. The van der Waals surface area contributed by atoms with Gasteiger partial charge in [0, 0.05) is 11.3 Å². The largest absolute Gasteiger partial charge is 0.368 e. The van der Waals surface area contributed by atoms with Gasteiger partial charge in [-0.1, -0.05) is 0 Å². The highest BCUT2D eigenvalue weighted by molar-refractivity contribution is 7.99. The number of nitrogens with one attached hydrogen (secondary N) is 1. The van der Waals surface area contributed by atoms with Gasteiger partial charge in [-0.15, -0.1) is 5.10 Å². The zero-order valence-electron chi connectivity index (χ0n) is 8.00. The second-order valence-corrected chi connectivity index (χ2v) is 5.34. The van der Waals surface area contributed by atoms with Crippen molar-refractivity contribution in [1.82, 2.24) is 14.8 Å². The third-order valence-corrected chi connectivity index (χ3v) is 3.43. The van der Waals surface area contributed by atoms with Crippen LogP contribution in [0.3, 0.4) is 0 Å². The van der Waals surface area contributed by atoms with Crippen molar-refractivity contribution in [2.45, 2.75) is 25.1 Å². The highest BCUT2D eigenvalue weighted by atomic mass is 32.2. The molecule has 3 N–H and O–H groups in total. The summed E-state index contributed by atoms with van der Waals surface area (Å²) in [5.74, 6) is 0.451. The lowest BCUT2D eigenvalue weighted by molar-refractivity contribution is 0.567. The van der Waals surface area contributed by atoms with Crippen molar-refractivity contribution in [2.75, 3.05) is 12.0 Å². The Kier molecular flexibility index (Phi) is 3.02. The number of nitrogen functional groups attached to an aromatic ring is 1. The molecule has 1 rings (SSSR count). The number of hydrogen-bond acceptors (Lipinski definition) is 4. The number of aromatic amines is 1.